The molecular formula is C6H7ClF2N2O. The number of ketones is 1. The van der Waals surface area contributed by atoms with Gasteiger partial charge in [-0.05, 0) is 0 Å². The van der Waals surface area contributed by atoms with E-state index in [-0.39, 0.29) is 18.8 Å². The van der Waals surface area contributed by atoms with Crippen molar-refractivity contribution >= 4 is 18.2 Å². The smallest absolute Gasteiger partial charge is 0.296 e. The number of aromatic nitrogens is 2. The predicted octanol–water partition coefficient (Wildman–Crippen LogP) is 1.21. The number of rotatable bonds is 3. The van der Waals surface area contributed by atoms with Gasteiger partial charge in [0, 0.05) is 11.9 Å². The molecule has 0 fully saturated rings. The average molecular weight is 197 g/mol. The van der Waals surface area contributed by atoms with Gasteiger partial charge in [0.25, 0.3) is 6.43 Å². The number of carbonyl (C=O) groups excluding carboxylic acids is 1. The minimum atomic E-state index is -2.89. The van der Waals surface area contributed by atoms with Gasteiger partial charge >= 0.3 is 0 Å². The van der Waals surface area contributed by atoms with Gasteiger partial charge in [-0.2, -0.15) is 0 Å². The van der Waals surface area contributed by atoms with Crippen LogP contribution in [0.2, 0.25) is 0 Å². The molecule has 0 saturated carbocycles. The van der Waals surface area contributed by atoms with Crippen LogP contribution >= 0.6 is 12.4 Å². The predicted molar refractivity (Wildman–Crippen MR) is 40.6 cm³/mol. The molecule has 1 N–H and O–H groups in total. The molecule has 0 atom stereocenters. The maximum atomic E-state index is 11.6. The van der Waals surface area contributed by atoms with Gasteiger partial charge in [0.2, 0.25) is 5.78 Å². The summed E-state index contributed by atoms with van der Waals surface area (Å²) < 4.78 is 23.3. The van der Waals surface area contributed by atoms with Crippen molar-refractivity contribution in [3.63, 3.8) is 0 Å². The minimum Gasteiger partial charge on any atom is -0.348 e. The molecule has 1 aromatic rings. The van der Waals surface area contributed by atoms with Gasteiger partial charge in [-0.1, -0.05) is 0 Å². The first-order valence-corrected chi connectivity index (χ1v) is 2.98. The second-order valence-electron chi connectivity index (χ2n) is 2.02. The maximum Gasteiger partial charge on any atom is 0.296 e. The zero-order valence-electron chi connectivity index (χ0n) is 5.96. The number of hydrogen-bond acceptors (Lipinski definition) is 2. The monoisotopic (exact) mass is 196 g/mol. The molecule has 0 saturated heterocycles. The highest BCUT2D eigenvalue weighted by Gasteiger charge is 2.15. The van der Waals surface area contributed by atoms with E-state index in [2.05, 4.69) is 9.97 Å². The van der Waals surface area contributed by atoms with Crippen LogP contribution in [0.3, 0.4) is 0 Å². The maximum absolute atomic E-state index is 11.6. The molecule has 6 heteroatoms. The van der Waals surface area contributed by atoms with Crippen molar-refractivity contribution in [3.05, 3.63) is 18.2 Å². The Bertz CT molecular complexity index is 238. The molecule has 3 nitrogen and oxygen atoms in total. The third-order valence-corrected chi connectivity index (χ3v) is 1.16. The van der Waals surface area contributed by atoms with Gasteiger partial charge in [0.1, 0.15) is 0 Å². The van der Waals surface area contributed by atoms with Crippen LogP contribution in [0.15, 0.2) is 12.5 Å². The summed E-state index contributed by atoms with van der Waals surface area (Å²) in [5.74, 6) is -1.09. The normalized spacial score (nSPS) is 9.58. The Morgan fingerprint density at radius 2 is 2.33 bits per heavy atom. The molecule has 0 amide bonds. The van der Waals surface area contributed by atoms with E-state index in [4.69, 9.17) is 0 Å². The number of Topliss-reactive ketones (excluding diaryl/α,β-unsaturated/α-hetero) is 1. The standard InChI is InChI=1S/C6H6F2N2O.ClH/c7-6(8)5(11)1-4-2-9-3-10-4;/h2-3,6H,1H2,(H,9,10);1H. The number of hydrogen-bond donors (Lipinski definition) is 1. The molecule has 0 bridgehead atoms. The van der Waals surface area contributed by atoms with Gasteiger partial charge in [0.05, 0.1) is 12.7 Å². The van der Waals surface area contributed by atoms with E-state index in [9.17, 15) is 13.6 Å². The van der Waals surface area contributed by atoms with Gasteiger partial charge in [-0.15, -0.1) is 12.4 Å². The second kappa shape index (κ2) is 4.82. The molecule has 0 spiro atoms. The highest BCUT2D eigenvalue weighted by atomic mass is 35.5. The Hall–Kier alpha value is -0.970. The molecule has 1 aromatic heterocycles. The zero-order valence-corrected chi connectivity index (χ0v) is 6.78. The van der Waals surface area contributed by atoms with E-state index in [0.29, 0.717) is 5.69 Å². The number of H-pyrrole nitrogens is 1. The summed E-state index contributed by atoms with van der Waals surface area (Å²) in [6, 6.07) is 0. The number of halogens is 3. The third-order valence-electron chi connectivity index (χ3n) is 1.16. The topological polar surface area (TPSA) is 45.8 Å². The number of aromatic amines is 1. The molecule has 0 aromatic carbocycles. The SMILES string of the molecule is Cl.O=C(Cc1cnc[nH]1)C(F)F. The highest BCUT2D eigenvalue weighted by Crippen LogP contribution is 2.00. The quantitative estimate of drug-likeness (QED) is 0.790. The molecular weight excluding hydrogens is 190 g/mol. The summed E-state index contributed by atoms with van der Waals surface area (Å²) in [6.45, 7) is 0. The first-order chi connectivity index (χ1) is 5.20. The zero-order chi connectivity index (χ0) is 8.27. The fourth-order valence-corrected chi connectivity index (χ4v) is 0.646. The van der Waals surface area contributed by atoms with E-state index >= 15 is 0 Å². The van der Waals surface area contributed by atoms with E-state index in [1.165, 1.54) is 12.5 Å². The Morgan fingerprint density at radius 3 is 2.75 bits per heavy atom. The number of imidazole rings is 1. The summed E-state index contributed by atoms with van der Waals surface area (Å²) in [6.07, 6.45) is -0.482. The summed E-state index contributed by atoms with van der Waals surface area (Å²) in [4.78, 5) is 16.6. The van der Waals surface area contributed by atoms with Crippen LogP contribution in [0.25, 0.3) is 0 Å². The average Bonchev–Trinajstić information content (AvgIpc) is 2.39. The minimum absolute atomic E-state index is 0. The summed E-state index contributed by atoms with van der Waals surface area (Å²) in [5.41, 5.74) is 0.412. The van der Waals surface area contributed by atoms with Crippen molar-refractivity contribution in [1.82, 2.24) is 9.97 Å². The Morgan fingerprint density at radius 1 is 1.67 bits per heavy atom. The largest absolute Gasteiger partial charge is 0.348 e. The first-order valence-electron chi connectivity index (χ1n) is 2.98. The number of alkyl halides is 2. The van der Waals surface area contributed by atoms with Crippen molar-refractivity contribution in [3.8, 4) is 0 Å². The number of nitrogens with one attached hydrogen (secondary N) is 1. The molecule has 0 radical (unpaired) electrons. The van der Waals surface area contributed by atoms with Crippen molar-refractivity contribution in [2.24, 2.45) is 0 Å². The molecule has 0 unspecified atom stereocenters. The Kier molecular flexibility index (Phi) is 4.43. The van der Waals surface area contributed by atoms with E-state index < -0.39 is 12.2 Å². The van der Waals surface area contributed by atoms with Crippen molar-refractivity contribution < 1.29 is 13.6 Å². The summed E-state index contributed by atoms with van der Waals surface area (Å²) in [7, 11) is 0. The fourth-order valence-electron chi connectivity index (χ4n) is 0.646. The van der Waals surface area contributed by atoms with Gasteiger partial charge < -0.3 is 4.98 Å². The van der Waals surface area contributed by atoms with Gasteiger partial charge in [-0.3, -0.25) is 4.79 Å². The van der Waals surface area contributed by atoms with Crippen molar-refractivity contribution in [2.45, 2.75) is 12.8 Å². The third kappa shape index (κ3) is 2.96. The van der Waals surface area contributed by atoms with Gasteiger partial charge in [-0.25, -0.2) is 13.8 Å². The first kappa shape index (κ1) is 11.0. The molecule has 12 heavy (non-hydrogen) atoms. The molecule has 0 aliphatic heterocycles. The van der Waals surface area contributed by atoms with Crippen LogP contribution in [0.1, 0.15) is 5.69 Å². The van der Waals surface area contributed by atoms with E-state index in [0.717, 1.165) is 0 Å². The molecule has 1 rings (SSSR count). The van der Waals surface area contributed by atoms with Crippen molar-refractivity contribution in [2.75, 3.05) is 0 Å². The van der Waals surface area contributed by atoms with Crippen LogP contribution in [0.5, 0.6) is 0 Å². The lowest BCUT2D eigenvalue weighted by atomic mass is 10.2. The number of carbonyl (C=O) groups is 1. The fraction of sp³-hybridized carbons (Fsp3) is 0.333. The van der Waals surface area contributed by atoms with E-state index in [1.807, 2.05) is 0 Å². The lowest BCUT2D eigenvalue weighted by Crippen LogP contribution is -2.12. The summed E-state index contributed by atoms with van der Waals surface area (Å²) >= 11 is 0. The number of nitrogens with zero attached hydrogens (tertiary/aromatic N) is 1. The van der Waals surface area contributed by atoms with Crippen LogP contribution in [0.4, 0.5) is 8.78 Å². The lowest BCUT2D eigenvalue weighted by molar-refractivity contribution is -0.128. The van der Waals surface area contributed by atoms with Gasteiger partial charge in [0.15, 0.2) is 0 Å². The van der Waals surface area contributed by atoms with E-state index in [1.54, 1.807) is 0 Å². The molecule has 0 aliphatic carbocycles. The summed E-state index contributed by atoms with van der Waals surface area (Å²) in [5, 5.41) is 0. The van der Waals surface area contributed by atoms with Crippen molar-refractivity contribution in [1.29, 1.82) is 0 Å². The van der Waals surface area contributed by atoms with Crippen LogP contribution in [0, 0.1) is 0 Å². The highest BCUT2D eigenvalue weighted by molar-refractivity contribution is 5.85. The molecule has 68 valence electrons. The Balaban J connectivity index is 0.00000121. The lowest BCUT2D eigenvalue weighted by Gasteiger charge is -1.94. The molecule has 1 heterocycles. The Labute approximate surface area is 73.6 Å². The second-order valence-corrected chi connectivity index (χ2v) is 2.02. The van der Waals surface area contributed by atoms with Crippen LogP contribution < -0.4 is 0 Å². The molecule has 0 aliphatic rings. The van der Waals surface area contributed by atoms with Crippen LogP contribution in [-0.2, 0) is 11.2 Å². The van der Waals surface area contributed by atoms with Crippen LogP contribution in [-0.4, -0.2) is 22.2 Å².